The number of methoxy groups -OCH3 is 1. The first-order valence-corrected chi connectivity index (χ1v) is 7.35. The molecule has 2 atom stereocenters. The highest BCUT2D eigenvalue weighted by Gasteiger charge is 2.27. The van der Waals surface area contributed by atoms with E-state index in [4.69, 9.17) is 9.47 Å². The molecule has 0 saturated carbocycles. The molecule has 0 unspecified atom stereocenters. The van der Waals surface area contributed by atoms with Crippen molar-refractivity contribution in [2.24, 2.45) is 0 Å². The minimum absolute atomic E-state index is 0.219. The Kier molecular flexibility index (Phi) is 6.54. The molecule has 2 aromatic carbocycles. The van der Waals surface area contributed by atoms with Crippen molar-refractivity contribution in [2.45, 2.75) is 18.8 Å². The van der Waals surface area contributed by atoms with Gasteiger partial charge in [0.25, 0.3) is 0 Å². The van der Waals surface area contributed by atoms with E-state index in [1.165, 1.54) is 13.2 Å². The Hall–Kier alpha value is -2.43. The Bertz CT molecular complexity index is 622. The van der Waals surface area contributed by atoms with Crippen LogP contribution in [-0.2, 0) is 20.9 Å². The van der Waals surface area contributed by atoms with E-state index in [0.29, 0.717) is 0 Å². The first kappa shape index (κ1) is 16.9. The summed E-state index contributed by atoms with van der Waals surface area (Å²) in [4.78, 5) is 11.8. The maximum Gasteiger partial charge on any atom is 0.338 e. The Morgan fingerprint density at radius 1 is 1.09 bits per heavy atom. The van der Waals surface area contributed by atoms with E-state index in [-0.39, 0.29) is 6.61 Å². The zero-order valence-electron chi connectivity index (χ0n) is 13.0. The highest BCUT2D eigenvalue weighted by Crippen LogP contribution is 2.11. The van der Waals surface area contributed by atoms with Gasteiger partial charge in [-0.25, -0.2) is 4.79 Å². The number of aliphatic hydroxyl groups excluding tert-OH is 1. The molecule has 2 aromatic rings. The molecule has 2 rings (SSSR count). The second-order valence-electron chi connectivity index (χ2n) is 5.00. The fourth-order valence-electron chi connectivity index (χ4n) is 2.06. The molecule has 120 valence electrons. The molecule has 0 heterocycles. The molecule has 0 fully saturated rings. The molecule has 0 aliphatic carbocycles. The van der Waals surface area contributed by atoms with Crippen molar-refractivity contribution in [3.8, 4) is 0 Å². The summed E-state index contributed by atoms with van der Waals surface area (Å²) < 4.78 is 10.3. The molecule has 0 amide bonds. The van der Waals surface area contributed by atoms with Crippen LogP contribution >= 0.6 is 0 Å². The predicted octanol–water partition coefficient (Wildman–Crippen LogP) is 2.82. The maximum atomic E-state index is 11.8. The molecule has 4 nitrogen and oxygen atoms in total. The zero-order valence-corrected chi connectivity index (χ0v) is 13.0. The first-order chi connectivity index (χ1) is 11.2. The summed E-state index contributed by atoms with van der Waals surface area (Å²) in [6.45, 7) is 0.219. The molecular formula is C19H20O4. The van der Waals surface area contributed by atoms with Crippen LogP contribution in [0.1, 0.15) is 11.1 Å². The lowest BCUT2D eigenvalue weighted by atomic mass is 10.1. The molecule has 0 aliphatic rings. The summed E-state index contributed by atoms with van der Waals surface area (Å²) in [5.41, 5.74) is 1.85. The van der Waals surface area contributed by atoms with Crippen molar-refractivity contribution in [1.82, 2.24) is 0 Å². The third kappa shape index (κ3) is 5.36. The SMILES string of the molecule is COC(=O)[C@@H](OCc1ccccc1)[C@@H](O)/C=C/c1ccccc1. The Labute approximate surface area is 136 Å². The molecule has 0 bridgehead atoms. The van der Waals surface area contributed by atoms with Gasteiger partial charge in [-0.3, -0.25) is 0 Å². The quantitative estimate of drug-likeness (QED) is 0.799. The van der Waals surface area contributed by atoms with Gasteiger partial charge in [-0.1, -0.05) is 72.8 Å². The minimum Gasteiger partial charge on any atom is -0.467 e. The third-order valence-electron chi connectivity index (χ3n) is 3.30. The molecule has 0 radical (unpaired) electrons. The topological polar surface area (TPSA) is 55.8 Å². The largest absolute Gasteiger partial charge is 0.467 e. The fourth-order valence-corrected chi connectivity index (χ4v) is 2.06. The monoisotopic (exact) mass is 312 g/mol. The fraction of sp³-hybridized carbons (Fsp3) is 0.211. The average molecular weight is 312 g/mol. The summed E-state index contributed by atoms with van der Waals surface area (Å²) in [6.07, 6.45) is 1.11. The number of carbonyl (C=O) groups excluding carboxylic acids is 1. The van der Waals surface area contributed by atoms with Crippen LogP contribution in [0.25, 0.3) is 6.08 Å². The molecule has 4 heteroatoms. The zero-order chi connectivity index (χ0) is 16.5. The number of hydrogen-bond acceptors (Lipinski definition) is 4. The van der Waals surface area contributed by atoms with Crippen LogP contribution in [0.4, 0.5) is 0 Å². The van der Waals surface area contributed by atoms with E-state index in [0.717, 1.165) is 11.1 Å². The lowest BCUT2D eigenvalue weighted by Crippen LogP contribution is -2.36. The molecule has 0 spiro atoms. The molecule has 1 N–H and O–H groups in total. The van der Waals surface area contributed by atoms with Crippen molar-refractivity contribution in [1.29, 1.82) is 0 Å². The standard InChI is InChI=1S/C19H20O4/c1-22-19(21)18(23-14-16-10-6-3-7-11-16)17(20)13-12-15-8-4-2-5-9-15/h2-13,17-18,20H,14H2,1H3/b13-12+/t17-,18-/m0/s1. The van der Waals surface area contributed by atoms with Crippen molar-refractivity contribution in [3.05, 3.63) is 77.9 Å². The number of benzene rings is 2. The van der Waals surface area contributed by atoms with Gasteiger partial charge in [0.05, 0.1) is 13.7 Å². The molecule has 23 heavy (non-hydrogen) atoms. The first-order valence-electron chi connectivity index (χ1n) is 7.35. The number of hydrogen-bond donors (Lipinski definition) is 1. The van der Waals surface area contributed by atoms with Gasteiger partial charge in [0.2, 0.25) is 0 Å². The van der Waals surface area contributed by atoms with Crippen molar-refractivity contribution in [2.75, 3.05) is 7.11 Å². The summed E-state index contributed by atoms with van der Waals surface area (Å²) in [5.74, 6) is -0.605. The predicted molar refractivity (Wildman–Crippen MR) is 88.5 cm³/mol. The summed E-state index contributed by atoms with van der Waals surface area (Å²) in [5, 5.41) is 10.2. The highest BCUT2D eigenvalue weighted by atomic mass is 16.6. The van der Waals surface area contributed by atoms with Crippen LogP contribution in [0, 0.1) is 0 Å². The van der Waals surface area contributed by atoms with E-state index in [2.05, 4.69) is 0 Å². The average Bonchev–Trinajstić information content (AvgIpc) is 2.61. The number of ether oxygens (including phenoxy) is 2. The van der Waals surface area contributed by atoms with Crippen LogP contribution in [0.2, 0.25) is 0 Å². The van der Waals surface area contributed by atoms with E-state index in [1.54, 1.807) is 6.08 Å². The molecule has 0 aromatic heterocycles. The molecule has 0 saturated heterocycles. The van der Waals surface area contributed by atoms with Gasteiger partial charge in [0.1, 0.15) is 6.10 Å². The van der Waals surface area contributed by atoms with E-state index >= 15 is 0 Å². The van der Waals surface area contributed by atoms with Gasteiger partial charge in [0.15, 0.2) is 6.10 Å². The van der Waals surface area contributed by atoms with E-state index in [1.807, 2.05) is 60.7 Å². The van der Waals surface area contributed by atoms with Gasteiger partial charge in [-0.2, -0.15) is 0 Å². The van der Waals surface area contributed by atoms with E-state index < -0.39 is 18.2 Å². The highest BCUT2D eigenvalue weighted by molar-refractivity contribution is 5.76. The number of aliphatic hydroxyl groups is 1. The normalized spacial score (nSPS) is 13.7. The van der Waals surface area contributed by atoms with Crippen molar-refractivity contribution < 1.29 is 19.4 Å². The van der Waals surface area contributed by atoms with Crippen LogP contribution in [0.3, 0.4) is 0 Å². The number of esters is 1. The van der Waals surface area contributed by atoms with E-state index in [9.17, 15) is 9.90 Å². The second kappa shape index (κ2) is 8.88. The van der Waals surface area contributed by atoms with Gasteiger partial charge in [0, 0.05) is 0 Å². The van der Waals surface area contributed by atoms with Crippen LogP contribution < -0.4 is 0 Å². The Morgan fingerprint density at radius 2 is 1.70 bits per heavy atom. The van der Waals surface area contributed by atoms with Gasteiger partial charge >= 0.3 is 5.97 Å². The number of rotatable bonds is 7. The minimum atomic E-state index is -1.09. The number of carbonyl (C=O) groups is 1. The van der Waals surface area contributed by atoms with Gasteiger partial charge in [-0.15, -0.1) is 0 Å². The lowest BCUT2D eigenvalue weighted by molar-refractivity contribution is -0.161. The van der Waals surface area contributed by atoms with Crippen LogP contribution in [-0.4, -0.2) is 30.4 Å². The molecular weight excluding hydrogens is 292 g/mol. The Balaban J connectivity index is 2.02. The smallest absolute Gasteiger partial charge is 0.338 e. The summed E-state index contributed by atoms with van der Waals surface area (Å²) in [6, 6.07) is 19.0. The summed E-state index contributed by atoms with van der Waals surface area (Å²) >= 11 is 0. The second-order valence-corrected chi connectivity index (χ2v) is 5.00. The summed E-state index contributed by atoms with van der Waals surface area (Å²) in [7, 11) is 1.27. The van der Waals surface area contributed by atoms with Crippen LogP contribution in [0.15, 0.2) is 66.7 Å². The maximum absolute atomic E-state index is 11.8. The Morgan fingerprint density at radius 3 is 2.30 bits per heavy atom. The van der Waals surface area contributed by atoms with Crippen molar-refractivity contribution in [3.63, 3.8) is 0 Å². The third-order valence-corrected chi connectivity index (χ3v) is 3.30. The molecule has 0 aliphatic heterocycles. The lowest BCUT2D eigenvalue weighted by Gasteiger charge is -2.19. The van der Waals surface area contributed by atoms with Crippen LogP contribution in [0.5, 0.6) is 0 Å². The van der Waals surface area contributed by atoms with Crippen molar-refractivity contribution >= 4 is 12.0 Å². The van der Waals surface area contributed by atoms with Gasteiger partial charge < -0.3 is 14.6 Å². The van der Waals surface area contributed by atoms with Gasteiger partial charge in [-0.05, 0) is 11.1 Å².